The third-order valence-corrected chi connectivity index (χ3v) is 6.55. The van der Waals surface area contributed by atoms with Gasteiger partial charge in [-0.15, -0.1) is 10.2 Å². The van der Waals surface area contributed by atoms with Crippen molar-refractivity contribution in [3.8, 4) is 17.1 Å². The number of likely N-dealkylation sites (tertiary alicyclic amines) is 1. The van der Waals surface area contributed by atoms with Crippen molar-refractivity contribution >= 4 is 28.6 Å². The van der Waals surface area contributed by atoms with Crippen LogP contribution >= 0.6 is 11.8 Å². The second-order valence-electron chi connectivity index (χ2n) is 7.38. The van der Waals surface area contributed by atoms with E-state index in [9.17, 15) is 4.79 Å². The van der Waals surface area contributed by atoms with Crippen molar-refractivity contribution in [2.24, 2.45) is 0 Å². The van der Waals surface area contributed by atoms with E-state index in [0.29, 0.717) is 0 Å². The standard InChI is InChI=1S/C22H21N5OS/c1-14-6-5-7-15(12-14)27-20(17-13-23-18-9-4-3-8-16(17)18)24-25-22(27)29-19-10-11-26(2)21(19)28/h3-9,12-13,19,23H,10-11H2,1-2H3. The zero-order valence-electron chi connectivity index (χ0n) is 16.3. The van der Waals surface area contributed by atoms with Gasteiger partial charge in [0.2, 0.25) is 5.91 Å². The summed E-state index contributed by atoms with van der Waals surface area (Å²) in [6.07, 6.45) is 2.80. The lowest BCUT2D eigenvalue weighted by Gasteiger charge is -2.13. The van der Waals surface area contributed by atoms with Crippen LogP contribution in [0.4, 0.5) is 0 Å². The highest BCUT2D eigenvalue weighted by Gasteiger charge is 2.32. The number of hydrogen-bond acceptors (Lipinski definition) is 4. The molecular weight excluding hydrogens is 382 g/mol. The Bertz CT molecular complexity index is 1210. The first-order valence-corrected chi connectivity index (χ1v) is 10.5. The number of carbonyl (C=O) groups excluding carboxylic acids is 1. The first-order chi connectivity index (χ1) is 14.1. The SMILES string of the molecule is Cc1cccc(-n2c(SC3CCN(C)C3=O)nnc2-c2c[nH]c3ccccc23)c1. The van der Waals surface area contributed by atoms with E-state index >= 15 is 0 Å². The molecule has 3 heterocycles. The van der Waals surface area contributed by atoms with Gasteiger partial charge in [0.25, 0.3) is 0 Å². The zero-order chi connectivity index (χ0) is 20.0. The average molecular weight is 404 g/mol. The van der Waals surface area contributed by atoms with Crippen molar-refractivity contribution in [3.63, 3.8) is 0 Å². The molecule has 146 valence electrons. The number of nitrogens with zero attached hydrogens (tertiary/aromatic N) is 4. The van der Waals surface area contributed by atoms with Crippen LogP contribution in [-0.2, 0) is 4.79 Å². The van der Waals surface area contributed by atoms with Gasteiger partial charge in [-0.25, -0.2) is 0 Å². The van der Waals surface area contributed by atoms with Crippen molar-refractivity contribution < 1.29 is 4.79 Å². The number of aryl methyl sites for hydroxylation is 1. The van der Waals surface area contributed by atoms with Gasteiger partial charge in [-0.3, -0.25) is 9.36 Å². The Kier molecular flexibility index (Phi) is 4.39. The third kappa shape index (κ3) is 3.11. The first-order valence-electron chi connectivity index (χ1n) is 9.62. The van der Waals surface area contributed by atoms with Crippen LogP contribution < -0.4 is 0 Å². The van der Waals surface area contributed by atoms with Gasteiger partial charge in [-0.1, -0.05) is 42.1 Å². The van der Waals surface area contributed by atoms with E-state index in [1.54, 1.807) is 4.90 Å². The van der Waals surface area contributed by atoms with E-state index in [-0.39, 0.29) is 11.2 Å². The molecular formula is C22H21N5OS. The minimum Gasteiger partial charge on any atom is -0.360 e. The second-order valence-corrected chi connectivity index (χ2v) is 8.55. The second kappa shape index (κ2) is 7.08. The highest BCUT2D eigenvalue weighted by Crippen LogP contribution is 2.35. The first kappa shape index (κ1) is 18.0. The van der Waals surface area contributed by atoms with Crippen LogP contribution in [0.2, 0.25) is 0 Å². The highest BCUT2D eigenvalue weighted by molar-refractivity contribution is 8.00. The molecule has 0 spiro atoms. The number of carbonyl (C=O) groups is 1. The molecule has 0 radical (unpaired) electrons. The number of fused-ring (bicyclic) bond motifs is 1. The fourth-order valence-corrected chi connectivity index (χ4v) is 4.95. The molecule has 2 aromatic heterocycles. The fraction of sp³-hybridized carbons (Fsp3) is 0.227. The Hall–Kier alpha value is -3.06. The predicted molar refractivity (Wildman–Crippen MR) is 115 cm³/mol. The van der Waals surface area contributed by atoms with Crippen molar-refractivity contribution in [3.05, 3.63) is 60.3 Å². The zero-order valence-corrected chi connectivity index (χ0v) is 17.1. The van der Waals surface area contributed by atoms with Crippen molar-refractivity contribution in [2.75, 3.05) is 13.6 Å². The van der Waals surface area contributed by atoms with Gasteiger partial charge < -0.3 is 9.88 Å². The Labute approximate surface area is 172 Å². The van der Waals surface area contributed by atoms with Gasteiger partial charge >= 0.3 is 0 Å². The maximum Gasteiger partial charge on any atom is 0.235 e. The van der Waals surface area contributed by atoms with E-state index in [2.05, 4.69) is 57.0 Å². The average Bonchev–Trinajstić information content (AvgIpc) is 3.41. The Morgan fingerprint density at radius 1 is 1.14 bits per heavy atom. The normalized spacial score (nSPS) is 16.8. The minimum atomic E-state index is -0.122. The molecule has 1 atom stereocenters. The van der Waals surface area contributed by atoms with Crippen LogP contribution in [0.5, 0.6) is 0 Å². The Morgan fingerprint density at radius 2 is 2.00 bits per heavy atom. The van der Waals surface area contributed by atoms with Crippen LogP contribution in [0.1, 0.15) is 12.0 Å². The molecule has 1 unspecified atom stereocenters. The van der Waals surface area contributed by atoms with Crippen LogP contribution in [0.3, 0.4) is 0 Å². The van der Waals surface area contributed by atoms with Gasteiger partial charge in [0.05, 0.1) is 5.25 Å². The summed E-state index contributed by atoms with van der Waals surface area (Å²) >= 11 is 1.50. The molecule has 1 amide bonds. The number of aromatic nitrogens is 4. The molecule has 4 aromatic rings. The lowest BCUT2D eigenvalue weighted by molar-refractivity contribution is -0.126. The number of aromatic amines is 1. The molecule has 1 N–H and O–H groups in total. The van der Waals surface area contributed by atoms with E-state index in [4.69, 9.17) is 0 Å². The summed E-state index contributed by atoms with van der Waals surface area (Å²) in [6, 6.07) is 16.4. The van der Waals surface area contributed by atoms with E-state index in [1.807, 2.05) is 31.4 Å². The number of hydrogen-bond donors (Lipinski definition) is 1. The van der Waals surface area contributed by atoms with Gasteiger partial charge in [0.1, 0.15) is 0 Å². The van der Waals surface area contributed by atoms with Crippen LogP contribution in [0, 0.1) is 6.92 Å². The highest BCUT2D eigenvalue weighted by atomic mass is 32.2. The molecule has 1 aliphatic heterocycles. The predicted octanol–water partition coefficient (Wildman–Crippen LogP) is 4.05. The largest absolute Gasteiger partial charge is 0.360 e. The molecule has 1 aliphatic rings. The maximum absolute atomic E-state index is 12.5. The number of para-hydroxylation sites is 1. The summed E-state index contributed by atoms with van der Waals surface area (Å²) < 4.78 is 2.07. The summed E-state index contributed by atoms with van der Waals surface area (Å²) in [5.41, 5.74) is 4.21. The number of nitrogens with one attached hydrogen (secondary N) is 1. The summed E-state index contributed by atoms with van der Waals surface area (Å²) in [5.74, 6) is 0.928. The number of benzene rings is 2. The third-order valence-electron chi connectivity index (χ3n) is 5.35. The number of amides is 1. The Balaban J connectivity index is 1.66. The van der Waals surface area contributed by atoms with Crippen LogP contribution in [-0.4, -0.2) is 49.4 Å². The van der Waals surface area contributed by atoms with Crippen molar-refractivity contribution in [1.29, 1.82) is 0 Å². The van der Waals surface area contributed by atoms with Crippen molar-refractivity contribution in [1.82, 2.24) is 24.6 Å². The summed E-state index contributed by atoms with van der Waals surface area (Å²) in [4.78, 5) is 17.6. The fourth-order valence-electron chi connectivity index (χ4n) is 3.80. The molecule has 0 aliphatic carbocycles. The molecule has 29 heavy (non-hydrogen) atoms. The molecule has 1 fully saturated rings. The van der Waals surface area contributed by atoms with Gasteiger partial charge in [0, 0.05) is 41.9 Å². The van der Waals surface area contributed by atoms with Crippen LogP contribution in [0.15, 0.2) is 59.9 Å². The number of thioether (sulfide) groups is 1. The maximum atomic E-state index is 12.5. The molecule has 0 bridgehead atoms. The summed E-state index contributed by atoms with van der Waals surface area (Å²) in [6.45, 7) is 2.85. The van der Waals surface area contributed by atoms with Gasteiger partial charge in [-0.05, 0) is 37.1 Å². The van der Waals surface area contributed by atoms with Crippen molar-refractivity contribution in [2.45, 2.75) is 23.8 Å². The van der Waals surface area contributed by atoms with Gasteiger partial charge in [0.15, 0.2) is 11.0 Å². The van der Waals surface area contributed by atoms with E-state index in [1.165, 1.54) is 11.8 Å². The lowest BCUT2D eigenvalue weighted by Crippen LogP contribution is -2.24. The molecule has 0 saturated carbocycles. The van der Waals surface area contributed by atoms with E-state index in [0.717, 1.165) is 51.7 Å². The summed E-state index contributed by atoms with van der Waals surface area (Å²) in [7, 11) is 1.85. The Morgan fingerprint density at radius 3 is 2.79 bits per heavy atom. The molecule has 6 nitrogen and oxygen atoms in total. The van der Waals surface area contributed by atoms with E-state index < -0.39 is 0 Å². The summed E-state index contributed by atoms with van der Waals surface area (Å²) in [5, 5.41) is 10.8. The minimum absolute atomic E-state index is 0.122. The molecule has 1 saturated heterocycles. The number of H-pyrrole nitrogens is 1. The molecule has 2 aromatic carbocycles. The smallest absolute Gasteiger partial charge is 0.235 e. The molecule has 5 rings (SSSR count). The number of rotatable bonds is 4. The monoisotopic (exact) mass is 403 g/mol. The lowest BCUT2D eigenvalue weighted by atomic mass is 10.1. The van der Waals surface area contributed by atoms with Crippen LogP contribution in [0.25, 0.3) is 28.0 Å². The quantitative estimate of drug-likeness (QED) is 0.558. The molecule has 7 heteroatoms. The topological polar surface area (TPSA) is 66.8 Å². The van der Waals surface area contributed by atoms with Gasteiger partial charge in [-0.2, -0.15) is 0 Å².